The van der Waals surface area contributed by atoms with Crippen molar-refractivity contribution < 1.29 is 9.18 Å². The summed E-state index contributed by atoms with van der Waals surface area (Å²) in [5.41, 5.74) is 0.255. The molecule has 0 saturated carbocycles. The standard InChI is InChI=1S/C17H25FN2O/c1-3-8-17(9-11-19-12-10-17)16(21)20-13(2)14-6-4-5-7-15(14)18/h4-7,13,19H,3,8-12H2,1-2H3,(H,20,21). The lowest BCUT2D eigenvalue weighted by Crippen LogP contribution is -2.48. The van der Waals surface area contributed by atoms with E-state index in [9.17, 15) is 9.18 Å². The third-order valence-corrected chi connectivity index (χ3v) is 4.49. The summed E-state index contributed by atoms with van der Waals surface area (Å²) in [5, 5.41) is 6.33. The van der Waals surface area contributed by atoms with Crippen molar-refractivity contribution in [3.63, 3.8) is 0 Å². The van der Waals surface area contributed by atoms with Crippen LogP contribution in [0.4, 0.5) is 4.39 Å². The number of hydrogen-bond acceptors (Lipinski definition) is 2. The fourth-order valence-corrected chi connectivity index (χ4v) is 3.23. The zero-order valence-electron chi connectivity index (χ0n) is 12.9. The van der Waals surface area contributed by atoms with Crippen molar-refractivity contribution in [3.8, 4) is 0 Å². The Morgan fingerprint density at radius 3 is 2.67 bits per heavy atom. The molecule has 0 aromatic heterocycles. The highest BCUT2D eigenvalue weighted by Gasteiger charge is 2.39. The van der Waals surface area contributed by atoms with E-state index in [1.165, 1.54) is 6.07 Å². The monoisotopic (exact) mass is 292 g/mol. The van der Waals surface area contributed by atoms with Crippen LogP contribution in [0.25, 0.3) is 0 Å². The van der Waals surface area contributed by atoms with Gasteiger partial charge in [-0.15, -0.1) is 0 Å². The molecular weight excluding hydrogens is 267 g/mol. The molecule has 0 radical (unpaired) electrons. The number of piperidine rings is 1. The molecule has 1 aliphatic heterocycles. The summed E-state index contributed by atoms with van der Waals surface area (Å²) < 4.78 is 13.8. The average Bonchev–Trinajstić information content (AvgIpc) is 2.48. The first-order valence-corrected chi connectivity index (χ1v) is 7.85. The van der Waals surface area contributed by atoms with Gasteiger partial charge in [0.2, 0.25) is 5.91 Å². The highest BCUT2D eigenvalue weighted by Crippen LogP contribution is 2.35. The van der Waals surface area contributed by atoms with E-state index in [-0.39, 0.29) is 23.2 Å². The maximum Gasteiger partial charge on any atom is 0.226 e. The third kappa shape index (κ3) is 3.62. The van der Waals surface area contributed by atoms with Crippen molar-refractivity contribution in [2.45, 2.75) is 45.6 Å². The third-order valence-electron chi connectivity index (χ3n) is 4.49. The van der Waals surface area contributed by atoms with Crippen LogP contribution in [0.2, 0.25) is 0 Å². The lowest BCUT2D eigenvalue weighted by Gasteiger charge is -2.37. The van der Waals surface area contributed by atoms with Gasteiger partial charge in [0.25, 0.3) is 0 Å². The molecule has 1 saturated heterocycles. The number of carbonyl (C=O) groups is 1. The van der Waals surface area contributed by atoms with Gasteiger partial charge in [-0.25, -0.2) is 4.39 Å². The van der Waals surface area contributed by atoms with Gasteiger partial charge in [-0.05, 0) is 45.3 Å². The van der Waals surface area contributed by atoms with E-state index < -0.39 is 0 Å². The molecule has 116 valence electrons. The SMILES string of the molecule is CCCC1(C(=O)NC(C)c2ccccc2F)CCNCC1. The van der Waals surface area contributed by atoms with Gasteiger partial charge in [-0.1, -0.05) is 31.5 Å². The van der Waals surface area contributed by atoms with Crippen molar-refractivity contribution in [2.24, 2.45) is 5.41 Å². The summed E-state index contributed by atoms with van der Waals surface area (Å²) in [6.45, 7) is 5.71. The minimum Gasteiger partial charge on any atom is -0.349 e. The van der Waals surface area contributed by atoms with Gasteiger partial charge in [-0.3, -0.25) is 4.79 Å². The smallest absolute Gasteiger partial charge is 0.226 e. The zero-order valence-corrected chi connectivity index (χ0v) is 12.9. The number of nitrogens with one attached hydrogen (secondary N) is 2. The number of halogens is 1. The normalized spacial score (nSPS) is 19.0. The number of carbonyl (C=O) groups excluding carboxylic acids is 1. The molecule has 1 fully saturated rings. The van der Waals surface area contributed by atoms with Crippen molar-refractivity contribution >= 4 is 5.91 Å². The van der Waals surface area contributed by atoms with E-state index >= 15 is 0 Å². The molecule has 1 atom stereocenters. The molecule has 0 bridgehead atoms. The second-order valence-corrected chi connectivity index (χ2v) is 6.00. The molecule has 1 aliphatic rings. The summed E-state index contributed by atoms with van der Waals surface area (Å²) in [5.74, 6) is -0.193. The number of hydrogen-bond donors (Lipinski definition) is 2. The van der Waals surface area contributed by atoms with E-state index in [1.807, 2.05) is 6.92 Å². The Hall–Kier alpha value is -1.42. The first kappa shape index (κ1) is 16.0. The number of benzene rings is 1. The predicted molar refractivity (Wildman–Crippen MR) is 82.4 cm³/mol. The van der Waals surface area contributed by atoms with Crippen molar-refractivity contribution in [1.82, 2.24) is 10.6 Å². The van der Waals surface area contributed by atoms with E-state index in [0.717, 1.165) is 38.8 Å². The fourth-order valence-electron chi connectivity index (χ4n) is 3.23. The van der Waals surface area contributed by atoms with Crippen LogP contribution in [-0.2, 0) is 4.79 Å². The molecule has 1 aromatic carbocycles. The Morgan fingerprint density at radius 2 is 2.05 bits per heavy atom. The zero-order chi connectivity index (χ0) is 15.3. The van der Waals surface area contributed by atoms with Gasteiger partial charge >= 0.3 is 0 Å². The molecule has 0 aliphatic carbocycles. The molecule has 1 unspecified atom stereocenters. The Morgan fingerprint density at radius 1 is 1.38 bits per heavy atom. The molecule has 2 rings (SSSR count). The summed E-state index contributed by atoms with van der Waals surface area (Å²) in [6.07, 6.45) is 3.60. The quantitative estimate of drug-likeness (QED) is 0.875. The Balaban J connectivity index is 2.10. The lowest BCUT2D eigenvalue weighted by molar-refractivity contribution is -0.133. The van der Waals surface area contributed by atoms with Crippen molar-refractivity contribution in [3.05, 3.63) is 35.6 Å². The van der Waals surface area contributed by atoms with Gasteiger partial charge < -0.3 is 10.6 Å². The Bertz CT molecular complexity index is 478. The molecule has 1 heterocycles. The first-order chi connectivity index (χ1) is 10.1. The summed E-state index contributed by atoms with van der Waals surface area (Å²) >= 11 is 0. The van der Waals surface area contributed by atoms with Gasteiger partial charge in [0.05, 0.1) is 11.5 Å². The van der Waals surface area contributed by atoms with E-state index in [2.05, 4.69) is 17.6 Å². The molecule has 21 heavy (non-hydrogen) atoms. The minimum atomic E-state index is -0.303. The summed E-state index contributed by atoms with van der Waals surface area (Å²) in [6, 6.07) is 6.33. The molecule has 0 spiro atoms. The fraction of sp³-hybridized carbons (Fsp3) is 0.588. The lowest BCUT2D eigenvalue weighted by atomic mass is 9.74. The van der Waals surface area contributed by atoms with Crippen LogP contribution in [-0.4, -0.2) is 19.0 Å². The Labute approximate surface area is 126 Å². The maximum atomic E-state index is 13.8. The Kier molecular flexibility index (Phi) is 5.34. The molecule has 1 amide bonds. The van der Waals surface area contributed by atoms with Crippen LogP contribution in [0, 0.1) is 11.2 Å². The van der Waals surface area contributed by atoms with Crippen molar-refractivity contribution in [1.29, 1.82) is 0 Å². The van der Waals surface area contributed by atoms with E-state index in [4.69, 9.17) is 0 Å². The van der Waals surface area contributed by atoms with Gasteiger partial charge in [0.1, 0.15) is 5.82 Å². The van der Waals surface area contributed by atoms with Crippen LogP contribution in [0.1, 0.15) is 51.1 Å². The van der Waals surface area contributed by atoms with Crippen LogP contribution in [0.5, 0.6) is 0 Å². The number of rotatable bonds is 5. The van der Waals surface area contributed by atoms with Crippen LogP contribution in [0.3, 0.4) is 0 Å². The molecule has 3 nitrogen and oxygen atoms in total. The molecule has 2 N–H and O–H groups in total. The first-order valence-electron chi connectivity index (χ1n) is 7.85. The van der Waals surface area contributed by atoms with Crippen molar-refractivity contribution in [2.75, 3.05) is 13.1 Å². The molecular formula is C17H25FN2O. The highest BCUT2D eigenvalue weighted by molar-refractivity contribution is 5.83. The van der Waals surface area contributed by atoms with Gasteiger partial charge in [-0.2, -0.15) is 0 Å². The largest absolute Gasteiger partial charge is 0.349 e. The summed E-state index contributed by atoms with van der Waals surface area (Å²) in [4.78, 5) is 12.7. The topological polar surface area (TPSA) is 41.1 Å². The molecule has 1 aromatic rings. The van der Waals surface area contributed by atoms with Gasteiger partial charge in [0.15, 0.2) is 0 Å². The predicted octanol–water partition coefficient (Wildman–Crippen LogP) is 3.17. The number of amides is 1. The summed E-state index contributed by atoms with van der Waals surface area (Å²) in [7, 11) is 0. The second kappa shape index (κ2) is 7.03. The van der Waals surface area contributed by atoms with E-state index in [1.54, 1.807) is 18.2 Å². The second-order valence-electron chi connectivity index (χ2n) is 6.00. The van der Waals surface area contributed by atoms with Gasteiger partial charge in [0, 0.05) is 5.56 Å². The highest BCUT2D eigenvalue weighted by atomic mass is 19.1. The maximum absolute atomic E-state index is 13.8. The van der Waals surface area contributed by atoms with Crippen LogP contribution >= 0.6 is 0 Å². The van der Waals surface area contributed by atoms with Crippen LogP contribution in [0.15, 0.2) is 24.3 Å². The molecule has 4 heteroatoms. The minimum absolute atomic E-state index is 0.0709. The van der Waals surface area contributed by atoms with Crippen LogP contribution < -0.4 is 10.6 Å². The average molecular weight is 292 g/mol. The van der Waals surface area contributed by atoms with E-state index in [0.29, 0.717) is 5.56 Å².